The lowest BCUT2D eigenvalue weighted by molar-refractivity contribution is 0.572. The molecule has 0 spiro atoms. The van der Waals surface area contributed by atoms with Crippen molar-refractivity contribution in [3.05, 3.63) is 48.3 Å². The summed E-state index contributed by atoms with van der Waals surface area (Å²) in [7, 11) is -3.26. The lowest BCUT2D eigenvalue weighted by Crippen LogP contribution is -2.26. The van der Waals surface area contributed by atoms with E-state index in [-0.39, 0.29) is 5.75 Å². The molecular formula is C17H23N5O2S2. The van der Waals surface area contributed by atoms with E-state index in [1.165, 1.54) is 11.5 Å². The number of hydrogen-bond acceptors (Lipinski definition) is 6. The van der Waals surface area contributed by atoms with Gasteiger partial charge in [-0.2, -0.15) is 4.37 Å². The fraction of sp³-hybridized carbons (Fsp3) is 0.412. The quantitative estimate of drug-likeness (QED) is 0.489. The zero-order valence-corrected chi connectivity index (χ0v) is 16.1. The Hall–Kier alpha value is -1.97. The van der Waals surface area contributed by atoms with Gasteiger partial charge in [0.15, 0.2) is 0 Å². The second-order valence-electron chi connectivity index (χ2n) is 6.07. The Labute approximate surface area is 157 Å². The molecule has 0 amide bonds. The van der Waals surface area contributed by atoms with Crippen molar-refractivity contribution in [2.24, 2.45) is 0 Å². The van der Waals surface area contributed by atoms with E-state index in [4.69, 9.17) is 0 Å². The average molecular weight is 394 g/mol. The number of rotatable bonds is 11. The maximum atomic E-state index is 12.0. The van der Waals surface area contributed by atoms with Crippen molar-refractivity contribution in [2.75, 3.05) is 18.4 Å². The first-order chi connectivity index (χ1) is 12.6. The highest BCUT2D eigenvalue weighted by molar-refractivity contribution is 7.88. The smallest absolute Gasteiger partial charge is 0.220 e. The molecule has 0 radical (unpaired) electrons. The molecule has 0 bridgehead atoms. The third-order valence-corrected chi connectivity index (χ3v) is 6.04. The fourth-order valence-electron chi connectivity index (χ4n) is 2.64. The van der Waals surface area contributed by atoms with E-state index in [1.807, 2.05) is 40.9 Å². The van der Waals surface area contributed by atoms with Crippen molar-refractivity contribution in [3.8, 4) is 0 Å². The zero-order valence-electron chi connectivity index (χ0n) is 14.5. The molecule has 0 aliphatic rings. The Balaban J connectivity index is 1.26. The summed E-state index contributed by atoms with van der Waals surface area (Å²) >= 11 is 1.37. The van der Waals surface area contributed by atoms with Crippen LogP contribution in [0, 0.1) is 0 Å². The summed E-state index contributed by atoms with van der Waals surface area (Å²) in [6, 6.07) is 9.23. The third kappa shape index (κ3) is 5.52. The molecule has 2 aromatic heterocycles. The molecule has 26 heavy (non-hydrogen) atoms. The first kappa shape index (κ1) is 18.8. The monoisotopic (exact) mass is 393 g/mol. The van der Waals surface area contributed by atoms with Crippen molar-refractivity contribution in [3.63, 3.8) is 0 Å². The summed E-state index contributed by atoms with van der Waals surface area (Å²) in [5.74, 6) is 0.866. The highest BCUT2D eigenvalue weighted by atomic mass is 32.2. The van der Waals surface area contributed by atoms with Crippen LogP contribution in [0.1, 0.15) is 31.2 Å². The molecule has 3 rings (SSSR count). The Morgan fingerprint density at radius 3 is 2.62 bits per heavy atom. The molecular weight excluding hydrogens is 370 g/mol. The summed E-state index contributed by atoms with van der Waals surface area (Å²) in [5, 5.41) is 3.31. The number of fused-ring (bicyclic) bond motifs is 1. The van der Waals surface area contributed by atoms with E-state index in [2.05, 4.69) is 19.4 Å². The lowest BCUT2D eigenvalue weighted by Gasteiger charge is -2.07. The van der Waals surface area contributed by atoms with Crippen molar-refractivity contribution < 1.29 is 8.42 Å². The summed E-state index contributed by atoms with van der Waals surface area (Å²) in [6.07, 6.45) is 7.55. The number of unbranched alkanes of at least 4 members (excludes halogenated alkanes) is 3. The Morgan fingerprint density at radius 1 is 1.04 bits per heavy atom. The van der Waals surface area contributed by atoms with Gasteiger partial charge in [-0.15, -0.1) is 0 Å². The number of benzene rings is 1. The second-order valence-corrected chi connectivity index (χ2v) is 8.60. The maximum absolute atomic E-state index is 12.0. The molecule has 1 aromatic carbocycles. The highest BCUT2D eigenvalue weighted by Gasteiger charge is 2.10. The molecule has 2 N–H and O–H groups in total. The van der Waals surface area contributed by atoms with Crippen LogP contribution in [0.2, 0.25) is 0 Å². The van der Waals surface area contributed by atoms with E-state index in [0.29, 0.717) is 6.54 Å². The van der Waals surface area contributed by atoms with Crippen LogP contribution in [0.15, 0.2) is 42.7 Å². The number of imidazole rings is 1. The van der Waals surface area contributed by atoms with Crippen LogP contribution in [-0.4, -0.2) is 35.3 Å². The molecule has 2 heterocycles. The average Bonchev–Trinajstić information content (AvgIpc) is 3.22. The topological polar surface area (TPSA) is 88.4 Å². The zero-order chi connectivity index (χ0) is 18.2. The summed E-state index contributed by atoms with van der Waals surface area (Å²) in [5.41, 5.74) is 0.806. The molecule has 0 unspecified atom stereocenters. The summed E-state index contributed by atoms with van der Waals surface area (Å²) in [4.78, 5) is 5.07. The van der Waals surface area contributed by atoms with Gasteiger partial charge in [0.05, 0.1) is 5.75 Å². The number of nitrogens with one attached hydrogen (secondary N) is 2. The Kier molecular flexibility index (Phi) is 6.59. The predicted molar refractivity (Wildman–Crippen MR) is 105 cm³/mol. The predicted octanol–water partition coefficient (Wildman–Crippen LogP) is 2.88. The van der Waals surface area contributed by atoms with Crippen molar-refractivity contribution >= 4 is 32.5 Å². The van der Waals surface area contributed by atoms with Gasteiger partial charge < -0.3 is 5.32 Å². The highest BCUT2D eigenvalue weighted by Crippen LogP contribution is 2.14. The SMILES string of the molecule is O=S(=O)(Cc1ccccc1)NCCCCCCNc1nsc2nccn12. The Morgan fingerprint density at radius 2 is 1.81 bits per heavy atom. The van der Waals surface area contributed by atoms with Gasteiger partial charge in [-0.05, 0) is 18.4 Å². The van der Waals surface area contributed by atoms with Gasteiger partial charge in [-0.3, -0.25) is 4.40 Å². The van der Waals surface area contributed by atoms with Crippen LogP contribution in [-0.2, 0) is 15.8 Å². The van der Waals surface area contributed by atoms with E-state index in [0.717, 1.165) is 48.7 Å². The molecule has 9 heteroatoms. The summed E-state index contributed by atoms with van der Waals surface area (Å²) < 4.78 is 33.0. The molecule has 0 saturated heterocycles. The largest absolute Gasteiger partial charge is 0.355 e. The molecule has 3 aromatic rings. The van der Waals surface area contributed by atoms with E-state index < -0.39 is 10.0 Å². The van der Waals surface area contributed by atoms with Gasteiger partial charge in [0.25, 0.3) is 0 Å². The summed E-state index contributed by atoms with van der Waals surface area (Å²) in [6.45, 7) is 1.33. The second kappa shape index (κ2) is 9.11. The van der Waals surface area contributed by atoms with Gasteiger partial charge in [0.2, 0.25) is 20.9 Å². The minimum Gasteiger partial charge on any atom is -0.355 e. The molecule has 7 nitrogen and oxygen atoms in total. The molecule has 140 valence electrons. The van der Waals surface area contributed by atoms with E-state index in [1.54, 1.807) is 6.20 Å². The van der Waals surface area contributed by atoms with E-state index >= 15 is 0 Å². The van der Waals surface area contributed by atoms with Crippen LogP contribution >= 0.6 is 11.5 Å². The number of aromatic nitrogens is 3. The number of hydrogen-bond donors (Lipinski definition) is 2. The van der Waals surface area contributed by atoms with Crippen LogP contribution in [0.25, 0.3) is 4.96 Å². The minimum absolute atomic E-state index is 0.0358. The molecule has 0 saturated carbocycles. The van der Waals surface area contributed by atoms with Crippen molar-refractivity contribution in [1.82, 2.24) is 18.5 Å². The molecule has 0 aliphatic carbocycles. The normalized spacial score (nSPS) is 11.8. The van der Waals surface area contributed by atoms with Crippen molar-refractivity contribution in [2.45, 2.75) is 31.4 Å². The van der Waals surface area contributed by atoms with Crippen LogP contribution in [0.3, 0.4) is 0 Å². The Bertz CT molecular complexity index is 906. The number of sulfonamides is 1. The molecule has 0 aliphatic heterocycles. The van der Waals surface area contributed by atoms with Gasteiger partial charge in [-0.1, -0.05) is 43.2 Å². The van der Waals surface area contributed by atoms with Gasteiger partial charge in [0.1, 0.15) is 0 Å². The maximum Gasteiger partial charge on any atom is 0.220 e. The van der Waals surface area contributed by atoms with Crippen LogP contribution in [0.4, 0.5) is 5.95 Å². The third-order valence-electron chi connectivity index (χ3n) is 3.96. The standard InChI is InChI=1S/C17H23N5O2S2/c23-26(24,14-15-8-4-3-5-9-15)20-11-7-2-1-6-10-18-16-21-25-17-19-12-13-22(16)17/h3-5,8-9,12-13,20H,1-2,6-7,10-11,14H2,(H,18,21). The molecule has 0 atom stereocenters. The van der Waals surface area contributed by atoms with Gasteiger partial charge in [0, 0.05) is 37.0 Å². The lowest BCUT2D eigenvalue weighted by atomic mass is 10.2. The fourth-order valence-corrected chi connectivity index (χ4v) is 4.49. The van der Waals surface area contributed by atoms with E-state index in [9.17, 15) is 8.42 Å². The van der Waals surface area contributed by atoms with Gasteiger partial charge in [-0.25, -0.2) is 18.1 Å². The van der Waals surface area contributed by atoms with Crippen LogP contribution < -0.4 is 10.0 Å². The number of anilines is 1. The van der Waals surface area contributed by atoms with Gasteiger partial charge >= 0.3 is 0 Å². The first-order valence-corrected chi connectivity index (χ1v) is 11.1. The van der Waals surface area contributed by atoms with Crippen molar-refractivity contribution in [1.29, 1.82) is 0 Å². The van der Waals surface area contributed by atoms with Crippen LogP contribution in [0.5, 0.6) is 0 Å². The molecule has 0 fully saturated rings. The minimum atomic E-state index is -3.26. The first-order valence-electron chi connectivity index (χ1n) is 8.68. The number of nitrogens with zero attached hydrogens (tertiary/aromatic N) is 3.